The number of benzene rings is 1. The first-order valence-electron chi connectivity index (χ1n) is 13.4. The van der Waals surface area contributed by atoms with Crippen LogP contribution >= 0.6 is 0 Å². The number of aryl methyl sites for hydroxylation is 1. The van der Waals surface area contributed by atoms with Crippen molar-refractivity contribution in [2.45, 2.75) is 72.4 Å². The van der Waals surface area contributed by atoms with Crippen molar-refractivity contribution in [1.29, 1.82) is 0 Å². The molecule has 1 aliphatic rings. The van der Waals surface area contributed by atoms with Crippen LogP contribution in [-0.2, 0) is 23.1 Å². The molecule has 0 radical (unpaired) electrons. The SMILES string of the molecule is CC[C@@H](C)C(=O)N[C@H](C(=O)N1CCC[C@H]1CN(CCc1ccccc1)C(=O)c1cn(C)cn1)C(C)(C)C. The molecule has 1 fully saturated rings. The molecule has 37 heavy (non-hydrogen) atoms. The van der Waals surface area contributed by atoms with Gasteiger partial charge in [0.25, 0.3) is 5.91 Å². The molecule has 202 valence electrons. The Hall–Kier alpha value is -3.16. The lowest BCUT2D eigenvalue weighted by Gasteiger charge is -2.37. The van der Waals surface area contributed by atoms with E-state index >= 15 is 0 Å². The molecule has 2 aromatic rings. The monoisotopic (exact) mass is 509 g/mol. The van der Waals surface area contributed by atoms with E-state index in [4.69, 9.17) is 0 Å². The maximum absolute atomic E-state index is 13.8. The van der Waals surface area contributed by atoms with Crippen molar-refractivity contribution >= 4 is 17.7 Å². The van der Waals surface area contributed by atoms with E-state index in [9.17, 15) is 14.4 Å². The summed E-state index contributed by atoms with van der Waals surface area (Å²) in [5, 5.41) is 3.03. The first-order valence-corrected chi connectivity index (χ1v) is 13.4. The molecule has 0 aliphatic carbocycles. The second-order valence-corrected chi connectivity index (χ2v) is 11.4. The summed E-state index contributed by atoms with van der Waals surface area (Å²) in [5.41, 5.74) is 1.12. The van der Waals surface area contributed by atoms with Gasteiger partial charge < -0.3 is 19.7 Å². The lowest BCUT2D eigenvalue weighted by Crippen LogP contribution is -2.57. The number of hydrogen-bond donors (Lipinski definition) is 1. The van der Waals surface area contributed by atoms with E-state index < -0.39 is 11.5 Å². The zero-order valence-electron chi connectivity index (χ0n) is 23.2. The first kappa shape index (κ1) is 28.4. The quantitative estimate of drug-likeness (QED) is 0.529. The maximum Gasteiger partial charge on any atom is 0.274 e. The summed E-state index contributed by atoms with van der Waals surface area (Å²) in [6.45, 7) is 11.4. The molecular weight excluding hydrogens is 466 g/mol. The molecule has 1 aromatic carbocycles. The molecular formula is C29H43N5O3. The summed E-state index contributed by atoms with van der Waals surface area (Å²) in [6, 6.07) is 9.36. The van der Waals surface area contributed by atoms with Gasteiger partial charge in [0.05, 0.1) is 6.33 Å². The van der Waals surface area contributed by atoms with Crippen molar-refractivity contribution in [2.24, 2.45) is 18.4 Å². The number of aromatic nitrogens is 2. The number of carbonyl (C=O) groups excluding carboxylic acids is 3. The Morgan fingerprint density at radius 1 is 1.19 bits per heavy atom. The molecule has 0 spiro atoms. The van der Waals surface area contributed by atoms with Crippen LogP contribution in [0.5, 0.6) is 0 Å². The van der Waals surface area contributed by atoms with Gasteiger partial charge in [-0.05, 0) is 36.7 Å². The Balaban J connectivity index is 1.79. The number of carbonyl (C=O) groups is 3. The summed E-state index contributed by atoms with van der Waals surface area (Å²) in [7, 11) is 1.84. The molecule has 8 heteroatoms. The second-order valence-electron chi connectivity index (χ2n) is 11.4. The van der Waals surface area contributed by atoms with Gasteiger partial charge in [-0.1, -0.05) is 65.0 Å². The topological polar surface area (TPSA) is 87.5 Å². The predicted molar refractivity (Wildman–Crippen MR) is 145 cm³/mol. The van der Waals surface area contributed by atoms with Crippen molar-refractivity contribution in [3.63, 3.8) is 0 Å². The van der Waals surface area contributed by atoms with Crippen LogP contribution in [0.2, 0.25) is 0 Å². The van der Waals surface area contributed by atoms with Crippen molar-refractivity contribution in [1.82, 2.24) is 24.7 Å². The smallest absolute Gasteiger partial charge is 0.274 e. The molecule has 1 aliphatic heterocycles. The van der Waals surface area contributed by atoms with Crippen LogP contribution in [0.1, 0.15) is 69.9 Å². The Morgan fingerprint density at radius 3 is 2.49 bits per heavy atom. The highest BCUT2D eigenvalue weighted by atomic mass is 16.2. The number of amides is 3. The minimum absolute atomic E-state index is 0.0695. The third-order valence-corrected chi connectivity index (χ3v) is 7.28. The fourth-order valence-electron chi connectivity index (χ4n) is 4.72. The van der Waals surface area contributed by atoms with E-state index in [2.05, 4.69) is 22.4 Å². The summed E-state index contributed by atoms with van der Waals surface area (Å²) in [5.74, 6) is -0.453. The van der Waals surface area contributed by atoms with Gasteiger partial charge in [0.1, 0.15) is 11.7 Å². The molecule has 3 atom stereocenters. The molecule has 8 nitrogen and oxygen atoms in total. The van der Waals surface area contributed by atoms with Crippen molar-refractivity contribution in [3.05, 3.63) is 54.1 Å². The van der Waals surface area contributed by atoms with Gasteiger partial charge in [-0.25, -0.2) is 4.98 Å². The van der Waals surface area contributed by atoms with Crippen LogP contribution in [-0.4, -0.2) is 68.8 Å². The average Bonchev–Trinajstić information content (AvgIpc) is 3.52. The highest BCUT2D eigenvalue weighted by Gasteiger charge is 2.40. The van der Waals surface area contributed by atoms with E-state index in [0.29, 0.717) is 25.3 Å². The second kappa shape index (κ2) is 12.4. The third-order valence-electron chi connectivity index (χ3n) is 7.28. The van der Waals surface area contributed by atoms with Gasteiger partial charge in [-0.3, -0.25) is 14.4 Å². The van der Waals surface area contributed by atoms with Gasteiger partial charge in [0, 0.05) is 44.8 Å². The Labute approximate surface area is 221 Å². The summed E-state index contributed by atoms with van der Waals surface area (Å²) < 4.78 is 1.77. The molecule has 1 N–H and O–H groups in total. The van der Waals surface area contributed by atoms with E-state index in [-0.39, 0.29) is 29.7 Å². The minimum Gasteiger partial charge on any atom is -0.344 e. The Kier molecular flexibility index (Phi) is 9.51. The van der Waals surface area contributed by atoms with Gasteiger partial charge in [0.2, 0.25) is 11.8 Å². The number of imidazole rings is 1. The summed E-state index contributed by atoms with van der Waals surface area (Å²) >= 11 is 0. The lowest BCUT2D eigenvalue weighted by atomic mass is 9.85. The van der Waals surface area contributed by atoms with Gasteiger partial charge in [-0.2, -0.15) is 0 Å². The zero-order chi connectivity index (χ0) is 27.2. The van der Waals surface area contributed by atoms with Crippen molar-refractivity contribution < 1.29 is 14.4 Å². The van der Waals surface area contributed by atoms with Crippen LogP contribution in [0.3, 0.4) is 0 Å². The number of hydrogen-bond acceptors (Lipinski definition) is 4. The Bertz CT molecular complexity index is 1060. The van der Waals surface area contributed by atoms with E-state index in [1.54, 1.807) is 17.1 Å². The zero-order valence-corrected chi connectivity index (χ0v) is 23.2. The normalized spacial score (nSPS) is 17.4. The number of nitrogens with one attached hydrogen (secondary N) is 1. The van der Waals surface area contributed by atoms with Gasteiger partial charge in [0.15, 0.2) is 0 Å². The maximum atomic E-state index is 13.8. The highest BCUT2D eigenvalue weighted by Crippen LogP contribution is 2.27. The average molecular weight is 510 g/mol. The molecule has 1 aromatic heterocycles. The number of likely N-dealkylation sites (tertiary alicyclic amines) is 1. The molecule has 0 saturated carbocycles. The minimum atomic E-state index is -0.626. The summed E-state index contributed by atoms with van der Waals surface area (Å²) in [4.78, 5) is 48.1. The summed E-state index contributed by atoms with van der Waals surface area (Å²) in [6.07, 6.45) is 6.48. The molecule has 0 bridgehead atoms. The van der Waals surface area contributed by atoms with Crippen LogP contribution in [0, 0.1) is 11.3 Å². The van der Waals surface area contributed by atoms with E-state index in [1.807, 2.05) is 69.7 Å². The first-order chi connectivity index (χ1) is 17.5. The van der Waals surface area contributed by atoms with Crippen LogP contribution < -0.4 is 5.32 Å². The fraction of sp³-hybridized carbons (Fsp3) is 0.586. The number of rotatable bonds is 10. The van der Waals surface area contributed by atoms with Gasteiger partial charge >= 0.3 is 0 Å². The third kappa shape index (κ3) is 7.43. The van der Waals surface area contributed by atoms with E-state index in [0.717, 1.165) is 31.2 Å². The van der Waals surface area contributed by atoms with Crippen molar-refractivity contribution in [2.75, 3.05) is 19.6 Å². The Morgan fingerprint density at radius 2 is 1.89 bits per heavy atom. The van der Waals surface area contributed by atoms with Crippen LogP contribution in [0.4, 0.5) is 0 Å². The van der Waals surface area contributed by atoms with Crippen LogP contribution in [0.15, 0.2) is 42.9 Å². The molecule has 1 saturated heterocycles. The van der Waals surface area contributed by atoms with E-state index in [1.165, 1.54) is 0 Å². The molecule has 0 unspecified atom stereocenters. The largest absolute Gasteiger partial charge is 0.344 e. The molecule has 3 rings (SSSR count). The lowest BCUT2D eigenvalue weighted by molar-refractivity contribution is -0.141. The van der Waals surface area contributed by atoms with Gasteiger partial charge in [-0.15, -0.1) is 0 Å². The predicted octanol–water partition coefficient (Wildman–Crippen LogP) is 3.67. The highest BCUT2D eigenvalue weighted by molar-refractivity contribution is 5.92. The standard InChI is InChI=1S/C29H43N5O3/c1-7-21(2)26(35)31-25(29(3,4)5)28(37)34-16-11-14-23(34)18-33(17-15-22-12-9-8-10-13-22)27(36)24-19-32(6)20-30-24/h8-10,12-13,19-21,23,25H,7,11,14-18H2,1-6H3,(H,31,35)/t21-,23+,25-/m1/s1. The number of nitrogens with zero attached hydrogens (tertiary/aromatic N) is 4. The molecule has 2 heterocycles. The van der Waals surface area contributed by atoms with Crippen molar-refractivity contribution in [3.8, 4) is 0 Å². The molecule has 3 amide bonds. The fourth-order valence-corrected chi connectivity index (χ4v) is 4.72. The van der Waals surface area contributed by atoms with Crippen LogP contribution in [0.25, 0.3) is 0 Å².